The van der Waals surface area contributed by atoms with E-state index in [0.29, 0.717) is 11.6 Å². The van der Waals surface area contributed by atoms with Gasteiger partial charge in [0.1, 0.15) is 11.5 Å². The Kier molecular flexibility index (Phi) is 5.13. The lowest BCUT2D eigenvalue weighted by atomic mass is 9.89. The number of hydrogen-bond acceptors (Lipinski definition) is 7. The van der Waals surface area contributed by atoms with Gasteiger partial charge in [0.2, 0.25) is 0 Å². The molecule has 0 saturated heterocycles. The third-order valence-corrected chi connectivity index (χ3v) is 1.83. The van der Waals surface area contributed by atoms with Crippen molar-refractivity contribution in [1.82, 2.24) is 10.3 Å². The van der Waals surface area contributed by atoms with Gasteiger partial charge in [0, 0.05) is 12.1 Å². The number of hydrogen-bond donors (Lipinski definition) is 3. The lowest BCUT2D eigenvalue weighted by Crippen LogP contribution is -2.19. The third kappa shape index (κ3) is 5.26. The fraction of sp³-hybridized carbons (Fsp3) is 0.300. The van der Waals surface area contributed by atoms with E-state index in [-0.39, 0.29) is 5.69 Å². The minimum Gasteiger partial charge on any atom is -0.476 e. The maximum absolute atomic E-state index is 10.1. The number of rotatable bonds is 3. The number of nitrogens with one attached hydrogen (secondary N) is 1. The second kappa shape index (κ2) is 6.59. The van der Waals surface area contributed by atoms with Crippen molar-refractivity contribution in [3.8, 4) is 0 Å². The van der Waals surface area contributed by atoms with Gasteiger partial charge in [-0.2, -0.15) is 0 Å². The van der Waals surface area contributed by atoms with E-state index in [0.717, 1.165) is 5.76 Å². The quantitative estimate of drug-likeness (QED) is 0.708. The maximum atomic E-state index is 10.1. The van der Waals surface area contributed by atoms with E-state index in [4.69, 9.17) is 14.7 Å². The van der Waals surface area contributed by atoms with E-state index in [9.17, 15) is 4.79 Å². The second-order valence-electron chi connectivity index (χ2n) is 3.77. The van der Waals surface area contributed by atoms with E-state index in [2.05, 4.69) is 20.1 Å². The number of carboxylic acids is 1. The van der Waals surface area contributed by atoms with E-state index in [1.165, 1.54) is 6.07 Å². The highest BCUT2D eigenvalue weighted by molar-refractivity contribution is 6.52. The smallest absolute Gasteiger partial charge is 0.408 e. The third-order valence-electron chi connectivity index (χ3n) is 1.83. The summed E-state index contributed by atoms with van der Waals surface area (Å²) in [6, 6.07) is 3.08. The zero-order valence-corrected chi connectivity index (χ0v) is 10.7. The zero-order chi connectivity index (χ0) is 14.4. The van der Waals surface area contributed by atoms with Crippen LogP contribution in [0.15, 0.2) is 21.2 Å². The number of aryl methyl sites for hydroxylation is 2. The molecule has 0 aliphatic rings. The number of carboxylic acid groups (broad SMARTS) is 1. The largest absolute Gasteiger partial charge is 0.476 e. The van der Waals surface area contributed by atoms with E-state index >= 15 is 0 Å². The van der Waals surface area contributed by atoms with Gasteiger partial charge in [-0.25, -0.2) is 4.79 Å². The van der Waals surface area contributed by atoms with Crippen LogP contribution in [0.1, 0.15) is 22.0 Å². The minimum absolute atomic E-state index is 0.0486. The second-order valence-corrected chi connectivity index (χ2v) is 3.77. The first-order valence-corrected chi connectivity index (χ1v) is 5.43. The summed E-state index contributed by atoms with van der Waals surface area (Å²) in [5.74, 6) is 0.731. The molecule has 0 fully saturated rings. The van der Waals surface area contributed by atoms with Gasteiger partial charge in [-0.3, -0.25) is 0 Å². The van der Waals surface area contributed by atoms with Crippen LogP contribution >= 0.6 is 0 Å². The van der Waals surface area contributed by atoms with Crippen LogP contribution in [0, 0.1) is 13.8 Å². The van der Waals surface area contributed by atoms with Gasteiger partial charge in [-0.15, -0.1) is 0 Å². The topological polar surface area (TPSA) is 122 Å². The molecule has 2 aromatic heterocycles. The Morgan fingerprint density at radius 1 is 1.26 bits per heavy atom. The van der Waals surface area contributed by atoms with Gasteiger partial charge in [-0.05, 0) is 20.7 Å². The van der Waals surface area contributed by atoms with Crippen molar-refractivity contribution in [1.29, 1.82) is 0 Å². The summed E-state index contributed by atoms with van der Waals surface area (Å²) >= 11 is 0. The summed E-state index contributed by atoms with van der Waals surface area (Å²) < 4.78 is 9.24. The Balaban J connectivity index is 0.000000191. The number of aromatic nitrogens is 2. The fourth-order valence-electron chi connectivity index (χ4n) is 1.12. The van der Waals surface area contributed by atoms with Crippen molar-refractivity contribution in [2.24, 2.45) is 0 Å². The first kappa shape index (κ1) is 14.8. The van der Waals surface area contributed by atoms with Crippen LogP contribution in [-0.4, -0.2) is 33.5 Å². The van der Waals surface area contributed by atoms with Crippen molar-refractivity contribution < 1.29 is 24.0 Å². The summed E-state index contributed by atoms with van der Waals surface area (Å²) in [5, 5.41) is 26.6. The van der Waals surface area contributed by atoms with Crippen LogP contribution in [0.2, 0.25) is 6.82 Å². The van der Waals surface area contributed by atoms with Gasteiger partial charge in [0.05, 0.1) is 0 Å². The van der Waals surface area contributed by atoms with Crippen LogP contribution in [0.3, 0.4) is 0 Å². The van der Waals surface area contributed by atoms with Crippen molar-refractivity contribution in [2.75, 3.05) is 5.23 Å². The van der Waals surface area contributed by atoms with Crippen molar-refractivity contribution in [3.05, 3.63) is 29.3 Å². The van der Waals surface area contributed by atoms with Crippen molar-refractivity contribution >= 4 is 18.8 Å². The average Bonchev–Trinajstić information content (AvgIpc) is 2.88. The number of anilines is 1. The molecule has 0 radical (unpaired) electrons. The molecule has 0 amide bonds. The molecule has 9 heteroatoms. The summed E-state index contributed by atoms with van der Waals surface area (Å²) in [7, 11) is -0.593. The van der Waals surface area contributed by atoms with Crippen LogP contribution in [-0.2, 0) is 0 Å². The van der Waals surface area contributed by atoms with Gasteiger partial charge in [-0.1, -0.05) is 10.3 Å². The van der Waals surface area contributed by atoms with E-state index < -0.39 is 13.0 Å². The Hall–Kier alpha value is -2.29. The molecule has 102 valence electrons. The Morgan fingerprint density at radius 2 is 1.84 bits per heavy atom. The maximum Gasteiger partial charge on any atom is 0.408 e. The molecule has 2 heterocycles. The highest BCUT2D eigenvalue weighted by atomic mass is 16.5. The van der Waals surface area contributed by atoms with Crippen LogP contribution in [0.25, 0.3) is 0 Å². The van der Waals surface area contributed by atoms with E-state index in [1.54, 1.807) is 26.7 Å². The normalized spacial score (nSPS) is 9.47. The van der Waals surface area contributed by atoms with Crippen LogP contribution in [0.5, 0.6) is 0 Å². The molecule has 0 unspecified atom stereocenters. The Bertz CT molecular complexity index is 537. The summed E-state index contributed by atoms with van der Waals surface area (Å²) in [4.78, 5) is 10.1. The molecule has 0 aliphatic heterocycles. The summed E-state index contributed by atoms with van der Waals surface area (Å²) in [5.41, 5.74) is -0.0486. The number of nitrogens with zero attached hydrogens (tertiary/aromatic N) is 2. The average molecular weight is 267 g/mol. The minimum atomic E-state index is -1.06. The lowest BCUT2D eigenvalue weighted by molar-refractivity contribution is 0.0685. The Labute approximate surface area is 109 Å². The number of carbonyl (C=O) groups is 1. The summed E-state index contributed by atoms with van der Waals surface area (Å²) in [6.45, 7) is 5.05. The van der Waals surface area contributed by atoms with Crippen LogP contribution < -0.4 is 5.23 Å². The number of aromatic carboxylic acids is 1. The monoisotopic (exact) mass is 267 g/mol. The molecule has 2 rings (SSSR count). The van der Waals surface area contributed by atoms with Gasteiger partial charge in [0.15, 0.2) is 11.5 Å². The lowest BCUT2D eigenvalue weighted by Gasteiger charge is -1.97. The highest BCUT2D eigenvalue weighted by Gasteiger charge is 2.06. The molecule has 8 nitrogen and oxygen atoms in total. The molecule has 3 N–H and O–H groups in total. The zero-order valence-electron chi connectivity index (χ0n) is 10.7. The van der Waals surface area contributed by atoms with Crippen LogP contribution in [0.4, 0.5) is 5.82 Å². The predicted molar refractivity (Wildman–Crippen MR) is 66.9 cm³/mol. The van der Waals surface area contributed by atoms with Gasteiger partial charge in [0.25, 0.3) is 0 Å². The van der Waals surface area contributed by atoms with E-state index in [1.807, 2.05) is 0 Å². The van der Waals surface area contributed by atoms with Crippen molar-refractivity contribution in [3.63, 3.8) is 0 Å². The summed E-state index contributed by atoms with van der Waals surface area (Å²) in [6.07, 6.45) is 0. The SMILES string of the molecule is CB(O)Nc1cc(C)on1.Cc1cc(C(=O)O)no1. The fourth-order valence-corrected chi connectivity index (χ4v) is 1.12. The first-order valence-electron chi connectivity index (χ1n) is 5.43. The molecular formula is C10H14BN3O5. The predicted octanol–water partition coefficient (Wildman–Crippen LogP) is 1.19. The molecule has 2 aromatic rings. The molecule has 0 spiro atoms. The van der Waals surface area contributed by atoms with Gasteiger partial charge >= 0.3 is 13.0 Å². The molecular weight excluding hydrogens is 253 g/mol. The molecule has 0 bridgehead atoms. The van der Waals surface area contributed by atoms with Gasteiger partial charge < -0.3 is 24.4 Å². The highest BCUT2D eigenvalue weighted by Crippen LogP contribution is 2.06. The molecule has 0 saturated carbocycles. The molecule has 0 aliphatic carbocycles. The first-order chi connectivity index (χ1) is 8.88. The molecule has 0 aromatic carbocycles. The van der Waals surface area contributed by atoms with Crippen molar-refractivity contribution in [2.45, 2.75) is 20.7 Å². The Morgan fingerprint density at radius 3 is 2.16 bits per heavy atom. The standard InChI is InChI=1S/C5H9BN2O2.C5H5NO3/c1-4-3-5(8-10-4)7-6(2)9;1-3-2-4(5(7)8)6-9-3/h3,9H,1-2H3,(H,7,8);2H,1H3,(H,7,8). The molecule has 0 atom stereocenters. The molecule has 19 heavy (non-hydrogen) atoms.